The highest BCUT2D eigenvalue weighted by atomic mass is 32.1. The predicted molar refractivity (Wildman–Crippen MR) is 68.6 cm³/mol. The smallest absolute Gasteiger partial charge is 0.122 e. The highest BCUT2D eigenvalue weighted by molar-refractivity contribution is 7.11. The third kappa shape index (κ3) is 2.65. The van der Waals surface area contributed by atoms with Gasteiger partial charge < -0.3 is 9.84 Å². The molecule has 1 aromatic carbocycles. The van der Waals surface area contributed by atoms with Gasteiger partial charge in [0.1, 0.15) is 5.75 Å². The summed E-state index contributed by atoms with van der Waals surface area (Å²) in [5.74, 6) is 0.880. The molecule has 4 heteroatoms. The Bertz CT molecular complexity index is 508. The van der Waals surface area contributed by atoms with Gasteiger partial charge in [-0.25, -0.2) is 4.98 Å². The summed E-state index contributed by atoms with van der Waals surface area (Å²) >= 11 is 1.56. The number of rotatable bonds is 4. The lowest BCUT2D eigenvalue weighted by atomic mass is 10.1. The molecule has 90 valence electrons. The number of aromatic nitrogens is 1. The van der Waals surface area contributed by atoms with Gasteiger partial charge in [0.05, 0.1) is 29.3 Å². The maximum Gasteiger partial charge on any atom is 0.122 e. The average molecular weight is 249 g/mol. The van der Waals surface area contributed by atoms with Gasteiger partial charge in [-0.15, -0.1) is 11.3 Å². The van der Waals surface area contributed by atoms with Crippen molar-refractivity contribution in [1.29, 1.82) is 0 Å². The third-order valence-corrected chi connectivity index (χ3v) is 3.76. The number of thiazole rings is 1. The van der Waals surface area contributed by atoms with Gasteiger partial charge in [-0.2, -0.15) is 0 Å². The van der Waals surface area contributed by atoms with Crippen molar-refractivity contribution in [2.75, 3.05) is 7.11 Å². The number of hydrogen-bond donors (Lipinski definition) is 1. The molecule has 0 aliphatic carbocycles. The third-order valence-electron chi connectivity index (χ3n) is 2.61. The number of aliphatic hydroxyl groups excluding tert-OH is 1. The molecule has 0 spiro atoms. The van der Waals surface area contributed by atoms with E-state index in [1.807, 2.05) is 31.2 Å². The molecule has 1 aromatic heterocycles. The predicted octanol–water partition coefficient (Wildman–Crippen LogP) is 2.54. The van der Waals surface area contributed by atoms with Crippen LogP contribution in [0.1, 0.15) is 21.1 Å². The van der Waals surface area contributed by atoms with Crippen LogP contribution >= 0.6 is 11.3 Å². The van der Waals surface area contributed by atoms with Gasteiger partial charge in [0.25, 0.3) is 0 Å². The van der Waals surface area contributed by atoms with Crippen LogP contribution in [0.2, 0.25) is 0 Å². The average Bonchev–Trinajstić information content (AvgIpc) is 2.70. The van der Waals surface area contributed by atoms with Gasteiger partial charge in [-0.05, 0) is 13.0 Å². The minimum atomic E-state index is 0.0649. The first-order valence-corrected chi connectivity index (χ1v) is 6.24. The van der Waals surface area contributed by atoms with E-state index >= 15 is 0 Å². The molecule has 0 bridgehead atoms. The Morgan fingerprint density at radius 2 is 2.12 bits per heavy atom. The van der Waals surface area contributed by atoms with Gasteiger partial charge in [-0.1, -0.05) is 18.2 Å². The maximum atomic E-state index is 9.14. The number of benzene rings is 1. The van der Waals surface area contributed by atoms with Gasteiger partial charge >= 0.3 is 0 Å². The standard InChI is InChI=1S/C13H15NO2S/c1-9-12(8-15)17-13(14-9)7-10-5-3-4-6-11(10)16-2/h3-6,15H,7-8H2,1-2H3. The van der Waals surface area contributed by atoms with Crippen molar-refractivity contribution in [3.8, 4) is 5.75 Å². The largest absolute Gasteiger partial charge is 0.496 e. The molecular weight excluding hydrogens is 234 g/mol. The van der Waals surface area contributed by atoms with Crippen LogP contribution in [0.5, 0.6) is 5.75 Å². The Labute approximate surface area is 105 Å². The summed E-state index contributed by atoms with van der Waals surface area (Å²) in [5, 5.41) is 10.2. The maximum absolute atomic E-state index is 9.14. The Hall–Kier alpha value is -1.39. The van der Waals surface area contributed by atoms with E-state index in [0.717, 1.165) is 33.3 Å². The fourth-order valence-electron chi connectivity index (χ4n) is 1.72. The summed E-state index contributed by atoms with van der Waals surface area (Å²) < 4.78 is 5.31. The van der Waals surface area contributed by atoms with Crippen molar-refractivity contribution in [3.05, 3.63) is 45.4 Å². The highest BCUT2D eigenvalue weighted by Gasteiger charge is 2.09. The molecule has 0 saturated heterocycles. The second-order valence-corrected chi connectivity index (χ2v) is 4.93. The van der Waals surface area contributed by atoms with E-state index < -0.39 is 0 Å². The Kier molecular flexibility index (Phi) is 3.76. The topological polar surface area (TPSA) is 42.4 Å². The Balaban J connectivity index is 2.25. The SMILES string of the molecule is COc1ccccc1Cc1nc(C)c(CO)s1. The summed E-state index contributed by atoms with van der Waals surface area (Å²) in [6, 6.07) is 7.93. The summed E-state index contributed by atoms with van der Waals surface area (Å²) in [6.45, 7) is 1.99. The van der Waals surface area contributed by atoms with Crippen LogP contribution in [-0.4, -0.2) is 17.2 Å². The normalized spacial score (nSPS) is 10.5. The molecule has 0 saturated carbocycles. The summed E-state index contributed by atoms with van der Waals surface area (Å²) in [6.07, 6.45) is 0.746. The van der Waals surface area contributed by atoms with E-state index in [9.17, 15) is 0 Å². The van der Waals surface area contributed by atoms with Crippen molar-refractivity contribution >= 4 is 11.3 Å². The molecule has 0 aliphatic heterocycles. The summed E-state index contributed by atoms with van der Waals surface area (Å²) in [5.41, 5.74) is 2.04. The van der Waals surface area contributed by atoms with E-state index in [4.69, 9.17) is 9.84 Å². The fraction of sp³-hybridized carbons (Fsp3) is 0.308. The first kappa shape index (κ1) is 12.1. The van der Waals surface area contributed by atoms with Crippen LogP contribution in [-0.2, 0) is 13.0 Å². The quantitative estimate of drug-likeness (QED) is 0.905. The van der Waals surface area contributed by atoms with Crippen molar-refractivity contribution in [3.63, 3.8) is 0 Å². The van der Waals surface area contributed by atoms with Crippen LogP contribution in [0.4, 0.5) is 0 Å². The number of aliphatic hydroxyl groups is 1. The minimum absolute atomic E-state index is 0.0649. The molecule has 1 N–H and O–H groups in total. The van der Waals surface area contributed by atoms with Crippen LogP contribution in [0.3, 0.4) is 0 Å². The fourth-order valence-corrected chi connectivity index (χ4v) is 2.68. The lowest BCUT2D eigenvalue weighted by molar-refractivity contribution is 0.284. The lowest BCUT2D eigenvalue weighted by Gasteiger charge is -2.05. The highest BCUT2D eigenvalue weighted by Crippen LogP contribution is 2.25. The molecule has 1 heterocycles. The van der Waals surface area contributed by atoms with E-state index in [-0.39, 0.29) is 6.61 Å². The van der Waals surface area contributed by atoms with Gasteiger partial charge in [0.2, 0.25) is 0 Å². The zero-order chi connectivity index (χ0) is 12.3. The zero-order valence-electron chi connectivity index (χ0n) is 9.93. The summed E-state index contributed by atoms with van der Waals surface area (Å²) in [7, 11) is 1.67. The summed E-state index contributed by atoms with van der Waals surface area (Å²) in [4.78, 5) is 5.39. The Morgan fingerprint density at radius 3 is 2.76 bits per heavy atom. The molecule has 2 rings (SSSR count). The molecule has 0 fully saturated rings. The molecule has 0 atom stereocenters. The van der Waals surface area contributed by atoms with E-state index in [0.29, 0.717) is 0 Å². The zero-order valence-corrected chi connectivity index (χ0v) is 10.8. The van der Waals surface area contributed by atoms with Gasteiger partial charge in [-0.3, -0.25) is 0 Å². The number of ether oxygens (including phenoxy) is 1. The number of hydrogen-bond acceptors (Lipinski definition) is 4. The number of nitrogens with zero attached hydrogens (tertiary/aromatic N) is 1. The second-order valence-electron chi connectivity index (χ2n) is 3.76. The van der Waals surface area contributed by atoms with E-state index in [1.165, 1.54) is 0 Å². The molecule has 2 aromatic rings. The number of para-hydroxylation sites is 1. The first-order chi connectivity index (χ1) is 8.24. The molecule has 0 amide bonds. The molecule has 0 aliphatic rings. The van der Waals surface area contributed by atoms with Crippen LogP contribution in [0, 0.1) is 6.92 Å². The van der Waals surface area contributed by atoms with Crippen LogP contribution in [0.15, 0.2) is 24.3 Å². The molecular formula is C13H15NO2S. The van der Waals surface area contributed by atoms with Crippen molar-refractivity contribution in [1.82, 2.24) is 4.98 Å². The lowest BCUT2D eigenvalue weighted by Crippen LogP contribution is -1.92. The molecule has 0 unspecified atom stereocenters. The number of methoxy groups -OCH3 is 1. The molecule has 17 heavy (non-hydrogen) atoms. The second kappa shape index (κ2) is 5.29. The van der Waals surface area contributed by atoms with Crippen molar-refractivity contribution in [2.24, 2.45) is 0 Å². The first-order valence-electron chi connectivity index (χ1n) is 5.42. The van der Waals surface area contributed by atoms with Crippen LogP contribution in [0.25, 0.3) is 0 Å². The van der Waals surface area contributed by atoms with E-state index in [1.54, 1.807) is 18.4 Å². The van der Waals surface area contributed by atoms with Crippen molar-refractivity contribution < 1.29 is 9.84 Å². The minimum Gasteiger partial charge on any atom is -0.496 e. The van der Waals surface area contributed by atoms with Gasteiger partial charge in [0.15, 0.2) is 0 Å². The Morgan fingerprint density at radius 1 is 1.35 bits per heavy atom. The van der Waals surface area contributed by atoms with Gasteiger partial charge in [0, 0.05) is 12.0 Å². The number of aryl methyl sites for hydroxylation is 1. The van der Waals surface area contributed by atoms with E-state index in [2.05, 4.69) is 4.98 Å². The van der Waals surface area contributed by atoms with Crippen molar-refractivity contribution in [2.45, 2.75) is 20.0 Å². The molecule has 3 nitrogen and oxygen atoms in total. The monoisotopic (exact) mass is 249 g/mol. The van der Waals surface area contributed by atoms with Crippen LogP contribution < -0.4 is 4.74 Å². The molecule has 0 radical (unpaired) electrons.